The third-order valence-electron chi connectivity index (χ3n) is 4.15. The predicted octanol–water partition coefficient (Wildman–Crippen LogP) is 4.13. The number of benzene rings is 1. The summed E-state index contributed by atoms with van der Waals surface area (Å²) in [7, 11) is 1.90. The van der Waals surface area contributed by atoms with Gasteiger partial charge in [-0.2, -0.15) is 13.2 Å². The minimum atomic E-state index is -4.25. The van der Waals surface area contributed by atoms with Crippen LogP contribution in [0, 0.1) is 0 Å². The number of halogens is 3. The van der Waals surface area contributed by atoms with E-state index in [1.54, 1.807) is 12.1 Å². The maximum absolute atomic E-state index is 12.6. The molecule has 0 atom stereocenters. The fraction of sp³-hybridized carbons (Fsp3) is 0.600. The molecule has 2 rings (SSSR count). The highest BCUT2D eigenvalue weighted by atomic mass is 19.4. The number of rotatable bonds is 3. The van der Waals surface area contributed by atoms with E-state index in [1.807, 2.05) is 7.05 Å². The smallest absolute Gasteiger partial charge is 0.319 e. The van der Waals surface area contributed by atoms with Gasteiger partial charge in [-0.3, -0.25) is 0 Å². The van der Waals surface area contributed by atoms with E-state index in [0.29, 0.717) is 0 Å². The van der Waals surface area contributed by atoms with E-state index in [0.717, 1.165) is 37.8 Å². The van der Waals surface area contributed by atoms with Crippen LogP contribution in [0.3, 0.4) is 0 Å². The number of likely N-dealkylation sites (N-methyl/N-ethyl adjacent to an activating group) is 1. The molecule has 4 heteroatoms. The van der Waals surface area contributed by atoms with E-state index in [2.05, 4.69) is 5.32 Å². The normalized spacial score (nSPS) is 19.4. The Balaban J connectivity index is 2.27. The minimum Gasteiger partial charge on any atom is -0.319 e. The first-order chi connectivity index (χ1) is 8.98. The van der Waals surface area contributed by atoms with Crippen LogP contribution in [0.1, 0.15) is 43.2 Å². The van der Waals surface area contributed by atoms with Crippen molar-refractivity contribution in [3.05, 3.63) is 35.4 Å². The summed E-state index contributed by atoms with van der Waals surface area (Å²) >= 11 is 0. The van der Waals surface area contributed by atoms with Crippen LogP contribution in [-0.2, 0) is 11.6 Å². The lowest BCUT2D eigenvalue weighted by atomic mass is 9.69. The molecule has 0 unspecified atom stereocenters. The van der Waals surface area contributed by atoms with Crippen LogP contribution in [0.5, 0.6) is 0 Å². The first-order valence-corrected chi connectivity index (χ1v) is 6.80. The second-order valence-corrected chi connectivity index (χ2v) is 5.45. The topological polar surface area (TPSA) is 12.0 Å². The zero-order valence-corrected chi connectivity index (χ0v) is 11.2. The maximum Gasteiger partial charge on any atom is 0.416 e. The number of hydrogen-bond acceptors (Lipinski definition) is 1. The molecule has 0 spiro atoms. The fourth-order valence-corrected chi connectivity index (χ4v) is 3.15. The molecule has 1 aliphatic rings. The van der Waals surface area contributed by atoms with Crippen LogP contribution in [0.2, 0.25) is 0 Å². The van der Waals surface area contributed by atoms with E-state index >= 15 is 0 Å². The molecular formula is C15H20F3N. The van der Waals surface area contributed by atoms with Gasteiger partial charge in [-0.1, -0.05) is 31.4 Å². The molecule has 1 N–H and O–H groups in total. The molecule has 0 heterocycles. The Morgan fingerprint density at radius 2 is 1.63 bits per heavy atom. The van der Waals surface area contributed by atoms with Gasteiger partial charge in [-0.25, -0.2) is 0 Å². The second-order valence-electron chi connectivity index (χ2n) is 5.45. The van der Waals surface area contributed by atoms with Crippen LogP contribution < -0.4 is 5.32 Å². The van der Waals surface area contributed by atoms with Crippen LogP contribution in [-0.4, -0.2) is 13.6 Å². The van der Waals surface area contributed by atoms with Crippen LogP contribution >= 0.6 is 0 Å². The Kier molecular flexibility index (Phi) is 4.19. The van der Waals surface area contributed by atoms with Crippen molar-refractivity contribution in [2.75, 3.05) is 13.6 Å². The molecule has 0 saturated heterocycles. The van der Waals surface area contributed by atoms with Crippen molar-refractivity contribution in [1.29, 1.82) is 0 Å². The van der Waals surface area contributed by atoms with Gasteiger partial charge in [-0.05, 0) is 37.6 Å². The summed E-state index contributed by atoms with van der Waals surface area (Å²) in [6.45, 7) is 0.832. The Labute approximate surface area is 112 Å². The number of nitrogens with one attached hydrogen (secondary N) is 1. The molecule has 19 heavy (non-hydrogen) atoms. The van der Waals surface area contributed by atoms with Crippen molar-refractivity contribution in [1.82, 2.24) is 5.32 Å². The molecule has 0 aliphatic heterocycles. The maximum atomic E-state index is 12.6. The first kappa shape index (κ1) is 14.4. The van der Waals surface area contributed by atoms with Gasteiger partial charge >= 0.3 is 6.18 Å². The molecule has 1 aromatic carbocycles. The van der Waals surface area contributed by atoms with Crippen molar-refractivity contribution in [3.8, 4) is 0 Å². The van der Waals surface area contributed by atoms with Gasteiger partial charge in [-0.15, -0.1) is 0 Å². The van der Waals surface area contributed by atoms with Gasteiger partial charge in [0, 0.05) is 12.0 Å². The van der Waals surface area contributed by atoms with Crippen molar-refractivity contribution in [2.45, 2.75) is 43.7 Å². The molecule has 0 bridgehead atoms. The molecule has 1 aromatic rings. The third kappa shape index (κ3) is 3.11. The highest BCUT2D eigenvalue weighted by Crippen LogP contribution is 2.40. The highest BCUT2D eigenvalue weighted by molar-refractivity contribution is 5.31. The molecule has 1 fully saturated rings. The third-order valence-corrected chi connectivity index (χ3v) is 4.15. The second kappa shape index (κ2) is 5.53. The predicted molar refractivity (Wildman–Crippen MR) is 70.1 cm³/mol. The molecule has 0 aromatic heterocycles. The molecular weight excluding hydrogens is 251 g/mol. The summed E-state index contributed by atoms with van der Waals surface area (Å²) < 4.78 is 37.8. The molecule has 1 aliphatic carbocycles. The van der Waals surface area contributed by atoms with E-state index in [1.165, 1.54) is 18.6 Å². The van der Waals surface area contributed by atoms with Crippen molar-refractivity contribution in [2.24, 2.45) is 0 Å². The monoisotopic (exact) mass is 271 g/mol. The summed E-state index contributed by atoms with van der Waals surface area (Å²) in [6.07, 6.45) is 1.40. The van der Waals surface area contributed by atoms with Gasteiger partial charge in [0.1, 0.15) is 0 Å². The molecule has 0 amide bonds. The zero-order valence-electron chi connectivity index (χ0n) is 11.2. The Hall–Kier alpha value is -1.03. The summed E-state index contributed by atoms with van der Waals surface area (Å²) in [6, 6.07) is 5.74. The van der Waals surface area contributed by atoms with Crippen LogP contribution in [0.15, 0.2) is 24.3 Å². The summed E-state index contributed by atoms with van der Waals surface area (Å²) in [5.41, 5.74) is 0.484. The quantitative estimate of drug-likeness (QED) is 0.871. The van der Waals surface area contributed by atoms with Gasteiger partial charge in [0.15, 0.2) is 0 Å². The van der Waals surface area contributed by atoms with E-state index in [9.17, 15) is 13.2 Å². The molecule has 1 saturated carbocycles. The SMILES string of the molecule is CNCC1(c2ccc(C(F)(F)F)cc2)CCCCC1. The zero-order chi connectivity index (χ0) is 13.9. The highest BCUT2D eigenvalue weighted by Gasteiger charge is 2.35. The minimum absolute atomic E-state index is 0.0110. The lowest BCUT2D eigenvalue weighted by Gasteiger charge is -2.38. The molecule has 0 radical (unpaired) electrons. The van der Waals surface area contributed by atoms with Crippen LogP contribution in [0.25, 0.3) is 0 Å². The summed E-state index contributed by atoms with van der Waals surface area (Å²) in [5.74, 6) is 0. The standard InChI is InChI=1S/C15H20F3N/c1-19-11-14(9-3-2-4-10-14)12-5-7-13(8-6-12)15(16,17)18/h5-8,19H,2-4,9-11H2,1H3. The number of alkyl halides is 3. The van der Waals surface area contributed by atoms with Gasteiger partial charge in [0.2, 0.25) is 0 Å². The van der Waals surface area contributed by atoms with Gasteiger partial charge < -0.3 is 5.32 Å². The first-order valence-electron chi connectivity index (χ1n) is 6.80. The number of hydrogen-bond donors (Lipinski definition) is 1. The van der Waals surface area contributed by atoms with Crippen molar-refractivity contribution in [3.63, 3.8) is 0 Å². The Bertz CT molecular complexity index is 397. The average Bonchev–Trinajstić information content (AvgIpc) is 2.39. The van der Waals surface area contributed by atoms with E-state index < -0.39 is 11.7 Å². The lowest BCUT2D eigenvalue weighted by molar-refractivity contribution is -0.137. The van der Waals surface area contributed by atoms with Crippen LogP contribution in [0.4, 0.5) is 13.2 Å². The van der Waals surface area contributed by atoms with Crippen molar-refractivity contribution < 1.29 is 13.2 Å². The molecule has 1 nitrogen and oxygen atoms in total. The van der Waals surface area contributed by atoms with Gasteiger partial charge in [0.25, 0.3) is 0 Å². The Morgan fingerprint density at radius 1 is 1.05 bits per heavy atom. The largest absolute Gasteiger partial charge is 0.416 e. The van der Waals surface area contributed by atoms with Gasteiger partial charge in [0.05, 0.1) is 5.56 Å². The average molecular weight is 271 g/mol. The summed E-state index contributed by atoms with van der Waals surface area (Å²) in [5, 5.41) is 3.20. The van der Waals surface area contributed by atoms with Crippen molar-refractivity contribution >= 4 is 0 Å². The Morgan fingerprint density at radius 3 is 2.11 bits per heavy atom. The van der Waals surface area contributed by atoms with E-state index in [-0.39, 0.29) is 5.41 Å². The summed E-state index contributed by atoms with van der Waals surface area (Å²) in [4.78, 5) is 0. The van der Waals surface area contributed by atoms with E-state index in [4.69, 9.17) is 0 Å². The fourth-order valence-electron chi connectivity index (χ4n) is 3.15. The lowest BCUT2D eigenvalue weighted by Crippen LogP contribution is -2.38. The molecule has 106 valence electrons.